The summed E-state index contributed by atoms with van der Waals surface area (Å²) in [5.74, 6) is 7.45. The summed E-state index contributed by atoms with van der Waals surface area (Å²) in [4.78, 5) is 14.1. The van der Waals surface area contributed by atoms with Crippen molar-refractivity contribution >= 4 is 50.8 Å². The summed E-state index contributed by atoms with van der Waals surface area (Å²) in [6.45, 7) is 8.21. The molecule has 4 aromatic heterocycles. The van der Waals surface area contributed by atoms with Crippen LogP contribution in [0.25, 0.3) is 72.6 Å². The van der Waals surface area contributed by atoms with E-state index in [0.717, 1.165) is 59.8 Å². The van der Waals surface area contributed by atoms with Crippen molar-refractivity contribution in [2.75, 3.05) is 0 Å². The van der Waals surface area contributed by atoms with Gasteiger partial charge in [0.05, 0.1) is 22.4 Å². The fraction of sp³-hybridized carbons (Fsp3) is 0.226. The predicted molar refractivity (Wildman–Crippen MR) is 249 cm³/mol. The Kier molecular flexibility index (Phi) is 10.7. The van der Waals surface area contributed by atoms with Crippen molar-refractivity contribution in [2.24, 2.45) is 5.92 Å². The Morgan fingerprint density at radius 1 is 0.817 bits per heavy atom. The number of hydrogen-bond donors (Lipinski definition) is 0. The number of rotatable bonds is 7. The van der Waals surface area contributed by atoms with Crippen LogP contribution in [0.15, 0.2) is 138 Å². The minimum absolute atomic E-state index is 0. The summed E-state index contributed by atoms with van der Waals surface area (Å²) in [6, 6.07) is 48.4. The second kappa shape index (κ2) is 17.5. The summed E-state index contributed by atoms with van der Waals surface area (Å²) in [6.07, 6.45) is 0.562. The van der Waals surface area contributed by atoms with E-state index >= 15 is 0 Å². The van der Waals surface area contributed by atoms with Gasteiger partial charge in [-0.15, -0.1) is 18.2 Å². The van der Waals surface area contributed by atoms with Crippen molar-refractivity contribution in [1.29, 1.82) is 0 Å². The van der Waals surface area contributed by atoms with Gasteiger partial charge in [-0.1, -0.05) is 80.3 Å². The molecule has 0 unspecified atom stereocenters. The van der Waals surface area contributed by atoms with Crippen LogP contribution < -0.4 is 4.40 Å². The summed E-state index contributed by atoms with van der Waals surface area (Å²) in [5.41, 5.74) is 10.2. The van der Waals surface area contributed by atoms with Crippen molar-refractivity contribution in [2.45, 2.75) is 70.5 Å². The van der Waals surface area contributed by atoms with E-state index in [4.69, 9.17) is 16.3 Å². The molecule has 0 N–H and O–H groups in total. The number of hydrogen-bond acceptors (Lipinski definition) is 4. The Hall–Kier alpha value is -5.14. The minimum Gasteiger partial charge on any atom is 0 e. The number of aryl methyl sites for hydroxylation is 1. The predicted octanol–water partition coefficient (Wildman–Crippen LogP) is 13.3. The number of nitrogens with zero attached hydrogens (tertiary/aromatic N) is 4. The maximum absolute atomic E-state index is 8.56. The van der Waals surface area contributed by atoms with Crippen LogP contribution in [0.1, 0.15) is 58.3 Å². The summed E-state index contributed by atoms with van der Waals surface area (Å²) < 4.78 is 50.1. The van der Waals surface area contributed by atoms with Crippen LogP contribution in [0.4, 0.5) is 0 Å². The first-order valence-electron chi connectivity index (χ1n) is 22.6. The van der Waals surface area contributed by atoms with E-state index in [9.17, 15) is 0 Å². The van der Waals surface area contributed by atoms with E-state index in [0.29, 0.717) is 17.0 Å². The maximum Gasteiger partial charge on any atom is 0 e. The van der Waals surface area contributed by atoms with Gasteiger partial charge in [0.2, 0.25) is 5.71 Å². The first-order valence-corrected chi connectivity index (χ1v) is 27.5. The average molecular weight is 1030 g/mol. The molecule has 9 aromatic rings. The SMILES string of the molecule is [2H]C([2H])([2H])c1ccc2c(n1)oc1c(-c3nc4ccccc4n3-c3ccc(C(C)(C)C)cc3-c3ccccc3)[c-]ccc12.[2H]C([2H])(c1cc(-c2[c-]cccc2)nc[c]1[Ge]([CH3])([CH3])[CH3])C(C)C.[Ir]. The summed E-state index contributed by atoms with van der Waals surface area (Å²) in [7, 11) is 0. The van der Waals surface area contributed by atoms with Gasteiger partial charge in [-0.05, 0) is 59.8 Å². The molecule has 1 radical (unpaired) electrons. The second-order valence-corrected chi connectivity index (χ2v) is 27.9. The Balaban J connectivity index is 0.000000233. The molecule has 0 spiro atoms. The van der Waals surface area contributed by atoms with Crippen molar-refractivity contribution in [3.63, 3.8) is 0 Å². The van der Waals surface area contributed by atoms with Gasteiger partial charge < -0.3 is 8.98 Å². The van der Waals surface area contributed by atoms with E-state index < -0.39 is 26.5 Å². The van der Waals surface area contributed by atoms with Gasteiger partial charge in [0.15, 0.2) is 0 Å². The Labute approximate surface area is 378 Å². The van der Waals surface area contributed by atoms with Gasteiger partial charge in [-0.2, -0.15) is 0 Å². The number of imidazole rings is 1. The molecule has 0 amide bonds. The number of aromatic nitrogens is 4. The van der Waals surface area contributed by atoms with Gasteiger partial charge in [-0.3, -0.25) is 4.98 Å². The van der Waals surface area contributed by atoms with Crippen LogP contribution in [-0.4, -0.2) is 32.8 Å². The molecule has 9 rings (SSSR count). The Morgan fingerprint density at radius 2 is 1.58 bits per heavy atom. The number of furan rings is 1. The molecule has 0 fully saturated rings. The smallest absolute Gasteiger partial charge is 0 e. The van der Waals surface area contributed by atoms with Crippen LogP contribution in [-0.2, 0) is 31.9 Å². The average Bonchev–Trinajstić information content (AvgIpc) is 3.84. The molecule has 0 saturated heterocycles. The molecular formula is C53H52GeIrN4O-2. The number of benzene rings is 5. The summed E-state index contributed by atoms with van der Waals surface area (Å²) >= 11 is -2.20. The van der Waals surface area contributed by atoms with Gasteiger partial charge in [-0.25, -0.2) is 4.98 Å². The zero-order valence-electron chi connectivity index (χ0n) is 40.3. The minimum atomic E-state index is -2.33. The number of pyridine rings is 2. The summed E-state index contributed by atoms with van der Waals surface area (Å²) in [5, 5.41) is 1.57. The molecule has 7 heteroatoms. The third-order valence-electron chi connectivity index (χ3n) is 10.4. The molecule has 5 nitrogen and oxygen atoms in total. The zero-order valence-corrected chi connectivity index (χ0v) is 39.8. The first kappa shape index (κ1) is 36.7. The van der Waals surface area contributed by atoms with Gasteiger partial charge in [0, 0.05) is 46.5 Å². The monoisotopic (exact) mass is 1030 g/mol. The van der Waals surface area contributed by atoms with E-state index in [1.807, 2.05) is 86.8 Å². The molecule has 4 heterocycles. The van der Waals surface area contributed by atoms with Crippen LogP contribution in [0, 0.1) is 24.9 Å². The molecule has 60 heavy (non-hydrogen) atoms. The molecule has 0 aliphatic rings. The quantitative estimate of drug-likeness (QED) is 0.118. The Bertz CT molecular complexity index is 3130. The van der Waals surface area contributed by atoms with E-state index in [-0.39, 0.29) is 42.8 Å². The van der Waals surface area contributed by atoms with Crippen LogP contribution in [0.2, 0.25) is 17.3 Å². The van der Waals surface area contributed by atoms with Crippen LogP contribution in [0.3, 0.4) is 0 Å². The van der Waals surface area contributed by atoms with E-state index in [1.54, 1.807) is 12.1 Å². The first-order chi connectivity index (χ1) is 30.2. The van der Waals surface area contributed by atoms with Crippen molar-refractivity contribution in [3.05, 3.63) is 163 Å². The molecular weight excluding hydrogens is 973 g/mol. The fourth-order valence-electron chi connectivity index (χ4n) is 7.46. The maximum atomic E-state index is 8.56. The van der Waals surface area contributed by atoms with Crippen molar-refractivity contribution in [3.8, 4) is 39.5 Å². The van der Waals surface area contributed by atoms with E-state index in [2.05, 4.69) is 113 Å². The van der Waals surface area contributed by atoms with Gasteiger partial charge in [0.25, 0.3) is 0 Å². The normalized spacial score (nSPS) is 13.5. The fourth-order valence-corrected chi connectivity index (χ4v) is 10.4. The third-order valence-corrected chi connectivity index (χ3v) is 14.6. The van der Waals surface area contributed by atoms with Gasteiger partial charge in [0.1, 0.15) is 0 Å². The number of para-hydroxylation sites is 2. The molecule has 0 bridgehead atoms. The molecule has 0 atom stereocenters. The Morgan fingerprint density at radius 3 is 2.30 bits per heavy atom. The standard InChI is InChI=1S/C35H28N3O.C18H24GeN.Ir/c1-22-17-19-26-25-13-10-14-27(32(25)39-34(26)36-22)33-37-29-15-8-9-16-31(29)38(33)30-20-18-24(35(2,3)4)21-28(30)23-11-6-5-7-12-23;1-14(2)11-16-12-18(15-9-7-6-8-10-15)20-13-17(16)19(3,4)5;/h5-13,15-21H,1-4H3;6-9,12-14H,11H2,1-5H3;/q2*-1;/i1D3;11D2;. The largest absolute Gasteiger partial charge is 0 e. The van der Waals surface area contributed by atoms with Crippen LogP contribution >= 0.6 is 0 Å². The van der Waals surface area contributed by atoms with Crippen molar-refractivity contribution < 1.29 is 31.4 Å². The van der Waals surface area contributed by atoms with E-state index in [1.165, 1.54) is 5.56 Å². The number of fused-ring (bicyclic) bond motifs is 4. The molecule has 305 valence electrons. The third kappa shape index (κ3) is 8.83. The van der Waals surface area contributed by atoms with Gasteiger partial charge >= 0.3 is 128 Å². The van der Waals surface area contributed by atoms with Crippen LogP contribution in [0.5, 0.6) is 0 Å². The van der Waals surface area contributed by atoms with Crippen molar-refractivity contribution in [1.82, 2.24) is 19.5 Å². The second-order valence-electron chi connectivity index (χ2n) is 17.3. The molecule has 0 saturated carbocycles. The topological polar surface area (TPSA) is 56.7 Å². The molecule has 5 aromatic carbocycles. The zero-order chi connectivity index (χ0) is 45.8. The molecule has 0 aliphatic carbocycles. The molecule has 0 aliphatic heterocycles.